The minimum absolute atomic E-state index is 0.0237. The second kappa shape index (κ2) is 5.13. The van der Waals surface area contributed by atoms with Crippen LogP contribution in [0.5, 0.6) is 0 Å². The van der Waals surface area contributed by atoms with Gasteiger partial charge in [0.05, 0.1) is 11.3 Å². The highest BCUT2D eigenvalue weighted by molar-refractivity contribution is 7.90. The first-order valence-electron chi connectivity index (χ1n) is 4.95. The summed E-state index contributed by atoms with van der Waals surface area (Å²) in [6, 6.07) is 3.19. The molecule has 17 heavy (non-hydrogen) atoms. The molecule has 0 saturated carbocycles. The van der Waals surface area contributed by atoms with Crippen LogP contribution in [-0.2, 0) is 10.0 Å². The van der Waals surface area contributed by atoms with Gasteiger partial charge in [0.2, 0.25) is 10.0 Å². The quantitative estimate of drug-likeness (QED) is 0.786. The number of benzene rings is 1. The zero-order valence-corrected chi connectivity index (χ0v) is 10.1. The summed E-state index contributed by atoms with van der Waals surface area (Å²) in [6.07, 6.45) is 0.376. The van der Waals surface area contributed by atoms with E-state index in [0.717, 1.165) is 12.1 Å². The van der Waals surface area contributed by atoms with Crippen LogP contribution in [0.15, 0.2) is 18.2 Å². The van der Waals surface area contributed by atoms with E-state index in [-0.39, 0.29) is 17.0 Å². The molecule has 0 heterocycles. The van der Waals surface area contributed by atoms with Gasteiger partial charge >= 0.3 is 0 Å². The van der Waals surface area contributed by atoms with E-state index < -0.39 is 21.7 Å². The average Bonchev–Trinajstić information content (AvgIpc) is 2.20. The van der Waals surface area contributed by atoms with Crippen molar-refractivity contribution in [1.82, 2.24) is 4.72 Å². The smallest absolute Gasteiger partial charge is 0.266 e. The van der Waals surface area contributed by atoms with Gasteiger partial charge in [-0.15, -0.1) is 0 Å². The summed E-state index contributed by atoms with van der Waals surface area (Å²) in [5.74, 6) is -1.75. The van der Waals surface area contributed by atoms with Crippen LogP contribution in [0.25, 0.3) is 0 Å². The van der Waals surface area contributed by atoms with E-state index in [1.54, 1.807) is 6.92 Å². The molecule has 0 spiro atoms. The van der Waals surface area contributed by atoms with Crippen molar-refractivity contribution in [2.45, 2.75) is 13.3 Å². The first kappa shape index (κ1) is 13.4. The van der Waals surface area contributed by atoms with Crippen molar-refractivity contribution in [3.8, 4) is 0 Å². The van der Waals surface area contributed by atoms with Crippen LogP contribution in [0, 0.1) is 5.82 Å². The first-order chi connectivity index (χ1) is 7.85. The Morgan fingerprint density at radius 1 is 1.47 bits per heavy atom. The minimum atomic E-state index is -3.69. The molecular weight excluding hydrogens is 247 g/mol. The van der Waals surface area contributed by atoms with Crippen LogP contribution in [0.3, 0.4) is 0 Å². The number of anilines is 1. The van der Waals surface area contributed by atoms with Gasteiger partial charge in [-0.05, 0) is 24.6 Å². The monoisotopic (exact) mass is 260 g/mol. The van der Waals surface area contributed by atoms with E-state index in [1.165, 1.54) is 6.07 Å². The summed E-state index contributed by atoms with van der Waals surface area (Å²) in [6.45, 7) is 1.67. The maximum Gasteiger partial charge on any atom is 0.266 e. The Balaban J connectivity index is 2.94. The number of rotatable bonds is 4. The summed E-state index contributed by atoms with van der Waals surface area (Å²) in [5, 5.41) is 0. The van der Waals surface area contributed by atoms with Gasteiger partial charge in [0.25, 0.3) is 5.91 Å². The molecule has 0 aliphatic carbocycles. The number of nitrogens with two attached hydrogens (primary N) is 1. The maximum atomic E-state index is 12.9. The van der Waals surface area contributed by atoms with Gasteiger partial charge in [-0.1, -0.05) is 6.92 Å². The molecule has 0 atom stereocenters. The molecule has 94 valence electrons. The normalized spacial score (nSPS) is 11.2. The zero-order chi connectivity index (χ0) is 13.1. The molecule has 0 bridgehead atoms. The van der Waals surface area contributed by atoms with Crippen molar-refractivity contribution >= 4 is 21.6 Å². The molecule has 0 radical (unpaired) electrons. The molecule has 0 saturated heterocycles. The fourth-order valence-electron chi connectivity index (χ4n) is 1.24. The van der Waals surface area contributed by atoms with Gasteiger partial charge < -0.3 is 5.73 Å². The second-order valence-electron chi connectivity index (χ2n) is 3.48. The van der Waals surface area contributed by atoms with Gasteiger partial charge in [-0.25, -0.2) is 17.5 Å². The summed E-state index contributed by atoms with van der Waals surface area (Å²) in [5.41, 5.74) is 5.29. The maximum absolute atomic E-state index is 12.9. The number of hydrogen-bond donors (Lipinski definition) is 2. The van der Waals surface area contributed by atoms with Crippen LogP contribution >= 0.6 is 0 Å². The number of halogens is 1. The second-order valence-corrected chi connectivity index (χ2v) is 5.32. The van der Waals surface area contributed by atoms with E-state index in [4.69, 9.17) is 5.73 Å². The molecule has 5 nitrogen and oxygen atoms in total. The third kappa shape index (κ3) is 3.70. The Morgan fingerprint density at radius 2 is 2.12 bits per heavy atom. The molecule has 0 fully saturated rings. The number of nitrogens with one attached hydrogen (secondary N) is 1. The number of hydrogen-bond acceptors (Lipinski definition) is 4. The summed E-state index contributed by atoms with van der Waals surface area (Å²) < 4.78 is 37.4. The summed E-state index contributed by atoms with van der Waals surface area (Å²) in [7, 11) is -3.69. The van der Waals surface area contributed by atoms with Crippen LogP contribution in [0.1, 0.15) is 23.7 Å². The SMILES string of the molecule is CCCS(=O)(=O)NC(=O)c1cc(F)ccc1N. The third-order valence-electron chi connectivity index (χ3n) is 1.98. The molecule has 0 aliphatic rings. The van der Waals surface area contributed by atoms with E-state index >= 15 is 0 Å². The van der Waals surface area contributed by atoms with Crippen molar-refractivity contribution in [2.24, 2.45) is 0 Å². The van der Waals surface area contributed by atoms with Crippen molar-refractivity contribution in [3.63, 3.8) is 0 Å². The minimum Gasteiger partial charge on any atom is -0.398 e. The Labute approximate surface area is 98.9 Å². The first-order valence-corrected chi connectivity index (χ1v) is 6.61. The van der Waals surface area contributed by atoms with E-state index in [9.17, 15) is 17.6 Å². The molecule has 3 N–H and O–H groups in total. The molecule has 0 unspecified atom stereocenters. The summed E-state index contributed by atoms with van der Waals surface area (Å²) >= 11 is 0. The van der Waals surface area contributed by atoms with Crippen molar-refractivity contribution < 1.29 is 17.6 Å². The topological polar surface area (TPSA) is 89.3 Å². The van der Waals surface area contributed by atoms with Crippen LogP contribution in [-0.4, -0.2) is 20.1 Å². The molecule has 1 aromatic rings. The molecule has 0 aromatic heterocycles. The van der Waals surface area contributed by atoms with Crippen molar-refractivity contribution in [2.75, 3.05) is 11.5 Å². The lowest BCUT2D eigenvalue weighted by molar-refractivity contribution is 0.0982. The van der Waals surface area contributed by atoms with Gasteiger partial charge in [0.1, 0.15) is 5.82 Å². The fourth-order valence-corrected chi connectivity index (χ4v) is 2.27. The number of carbonyl (C=O) groups excluding carboxylic acids is 1. The van der Waals surface area contributed by atoms with Crippen LogP contribution in [0.4, 0.5) is 10.1 Å². The highest BCUT2D eigenvalue weighted by Crippen LogP contribution is 2.13. The lowest BCUT2D eigenvalue weighted by atomic mass is 10.2. The molecule has 7 heteroatoms. The summed E-state index contributed by atoms with van der Waals surface area (Å²) in [4.78, 5) is 11.6. The lowest BCUT2D eigenvalue weighted by Crippen LogP contribution is -2.32. The Bertz CT molecular complexity index is 528. The largest absolute Gasteiger partial charge is 0.398 e. The highest BCUT2D eigenvalue weighted by atomic mass is 32.2. The van der Waals surface area contributed by atoms with Crippen molar-refractivity contribution in [3.05, 3.63) is 29.6 Å². The molecule has 0 aliphatic heterocycles. The molecule has 1 aromatic carbocycles. The van der Waals surface area contributed by atoms with Gasteiger partial charge in [-0.2, -0.15) is 0 Å². The lowest BCUT2D eigenvalue weighted by Gasteiger charge is -2.07. The zero-order valence-electron chi connectivity index (χ0n) is 9.23. The van der Waals surface area contributed by atoms with Gasteiger partial charge in [0, 0.05) is 5.69 Å². The highest BCUT2D eigenvalue weighted by Gasteiger charge is 2.17. The third-order valence-corrected chi connectivity index (χ3v) is 3.42. The Morgan fingerprint density at radius 3 is 2.71 bits per heavy atom. The van der Waals surface area contributed by atoms with Crippen LogP contribution in [0.2, 0.25) is 0 Å². The Hall–Kier alpha value is -1.63. The van der Waals surface area contributed by atoms with Gasteiger partial charge in [0.15, 0.2) is 0 Å². The standard InChI is InChI=1S/C10H13FN2O3S/c1-2-5-17(15,16)13-10(14)8-6-7(11)3-4-9(8)12/h3-4,6H,2,5,12H2,1H3,(H,13,14). The van der Waals surface area contributed by atoms with Gasteiger partial charge in [-0.3, -0.25) is 4.79 Å². The average molecular weight is 260 g/mol. The number of carbonyl (C=O) groups is 1. The predicted molar refractivity (Wildman–Crippen MR) is 62.4 cm³/mol. The Kier molecular flexibility index (Phi) is 4.06. The van der Waals surface area contributed by atoms with Crippen molar-refractivity contribution in [1.29, 1.82) is 0 Å². The number of amides is 1. The fraction of sp³-hybridized carbons (Fsp3) is 0.300. The van der Waals surface area contributed by atoms with Crippen LogP contribution < -0.4 is 10.5 Å². The molecule has 1 rings (SSSR count). The molecular formula is C10H13FN2O3S. The number of sulfonamides is 1. The van der Waals surface area contributed by atoms with E-state index in [0.29, 0.717) is 6.42 Å². The predicted octanol–water partition coefficient (Wildman–Crippen LogP) is 0.877. The van der Waals surface area contributed by atoms with E-state index in [2.05, 4.69) is 0 Å². The van der Waals surface area contributed by atoms with E-state index in [1.807, 2.05) is 4.72 Å². The number of nitrogen functional groups attached to an aromatic ring is 1. The molecule has 1 amide bonds.